The predicted octanol–water partition coefficient (Wildman–Crippen LogP) is 1.51. The van der Waals surface area contributed by atoms with Crippen molar-refractivity contribution in [2.45, 2.75) is 13.3 Å². The summed E-state index contributed by atoms with van der Waals surface area (Å²) in [5, 5.41) is 11.5. The first-order valence-electron chi connectivity index (χ1n) is 6.05. The van der Waals surface area contributed by atoms with Gasteiger partial charge in [0.25, 0.3) is 0 Å². The van der Waals surface area contributed by atoms with Crippen LogP contribution in [0.3, 0.4) is 0 Å². The third kappa shape index (κ3) is 2.96. The number of amides is 1. The van der Waals surface area contributed by atoms with Crippen LogP contribution in [-0.4, -0.2) is 30.2 Å². The molecule has 0 saturated heterocycles. The zero-order valence-corrected chi connectivity index (χ0v) is 10.5. The summed E-state index contributed by atoms with van der Waals surface area (Å²) < 4.78 is 10.7. The maximum Gasteiger partial charge on any atom is 0.316 e. The third-order valence-electron chi connectivity index (χ3n) is 2.83. The van der Waals surface area contributed by atoms with Gasteiger partial charge in [-0.3, -0.25) is 9.59 Å². The molecule has 1 aliphatic rings. The maximum atomic E-state index is 11.8. The van der Waals surface area contributed by atoms with Gasteiger partial charge in [-0.15, -0.1) is 0 Å². The third-order valence-corrected chi connectivity index (χ3v) is 2.83. The molecule has 1 amide bonds. The van der Waals surface area contributed by atoms with Crippen molar-refractivity contribution in [1.29, 1.82) is 0 Å². The van der Waals surface area contributed by atoms with Gasteiger partial charge in [0.15, 0.2) is 11.5 Å². The molecule has 1 unspecified atom stereocenters. The lowest BCUT2D eigenvalue weighted by atomic mass is 10.1. The van der Waals surface area contributed by atoms with Crippen molar-refractivity contribution >= 4 is 17.6 Å². The van der Waals surface area contributed by atoms with Crippen LogP contribution in [0.25, 0.3) is 0 Å². The number of hydrogen-bond acceptors (Lipinski definition) is 4. The number of carboxylic acid groups (broad SMARTS) is 1. The topological polar surface area (TPSA) is 84.9 Å². The van der Waals surface area contributed by atoms with Crippen molar-refractivity contribution in [2.75, 3.05) is 18.5 Å². The molecule has 0 spiro atoms. The summed E-state index contributed by atoms with van der Waals surface area (Å²) in [5.41, 5.74) is 0.494. The minimum absolute atomic E-state index is 0.242. The molecule has 2 N–H and O–H groups in total. The smallest absolute Gasteiger partial charge is 0.316 e. The molecule has 0 radical (unpaired) electrons. The molecule has 6 heteroatoms. The Balaban J connectivity index is 2.11. The number of anilines is 1. The number of fused-ring (bicyclic) bond motifs is 1. The summed E-state index contributed by atoms with van der Waals surface area (Å²) in [6, 6.07) is 4.97. The Labute approximate surface area is 110 Å². The van der Waals surface area contributed by atoms with Crippen molar-refractivity contribution < 1.29 is 24.2 Å². The number of nitrogens with one attached hydrogen (secondary N) is 1. The minimum atomic E-state index is -1.13. The standard InChI is InChI=1S/C13H15NO5/c1-2-9(13(16)17)12(15)14-8-3-4-10-11(7-8)19-6-5-18-10/h3-4,7,9H,2,5-6H2,1H3,(H,14,15)(H,16,17). The summed E-state index contributed by atoms with van der Waals surface area (Å²) in [6.07, 6.45) is 0.242. The van der Waals surface area contributed by atoms with Crippen LogP contribution in [0.15, 0.2) is 18.2 Å². The summed E-state index contributed by atoms with van der Waals surface area (Å²) in [4.78, 5) is 22.7. The predicted molar refractivity (Wildman–Crippen MR) is 67.5 cm³/mol. The Morgan fingerprint density at radius 3 is 2.63 bits per heavy atom. The lowest BCUT2D eigenvalue weighted by Gasteiger charge is -2.19. The Hall–Kier alpha value is -2.24. The van der Waals surface area contributed by atoms with Gasteiger partial charge in [-0.1, -0.05) is 6.92 Å². The van der Waals surface area contributed by atoms with E-state index in [9.17, 15) is 9.59 Å². The number of hydrogen-bond donors (Lipinski definition) is 2. The van der Waals surface area contributed by atoms with Crippen molar-refractivity contribution in [3.63, 3.8) is 0 Å². The van der Waals surface area contributed by atoms with E-state index in [0.717, 1.165) is 0 Å². The number of carbonyl (C=O) groups is 2. The summed E-state index contributed by atoms with van der Waals surface area (Å²) >= 11 is 0. The zero-order chi connectivity index (χ0) is 13.8. The number of ether oxygens (including phenoxy) is 2. The number of benzene rings is 1. The average molecular weight is 265 g/mol. The van der Waals surface area contributed by atoms with Crippen LogP contribution in [0.2, 0.25) is 0 Å². The van der Waals surface area contributed by atoms with Crippen LogP contribution in [0, 0.1) is 5.92 Å². The Kier molecular flexibility index (Phi) is 3.89. The van der Waals surface area contributed by atoms with Crippen LogP contribution < -0.4 is 14.8 Å². The lowest BCUT2D eigenvalue weighted by molar-refractivity contribution is -0.145. The van der Waals surface area contributed by atoms with E-state index in [1.54, 1.807) is 25.1 Å². The van der Waals surface area contributed by atoms with E-state index in [-0.39, 0.29) is 6.42 Å². The van der Waals surface area contributed by atoms with E-state index < -0.39 is 17.8 Å². The molecule has 102 valence electrons. The fraction of sp³-hybridized carbons (Fsp3) is 0.385. The van der Waals surface area contributed by atoms with Gasteiger partial charge < -0.3 is 19.9 Å². The van der Waals surface area contributed by atoms with Crippen LogP contribution in [-0.2, 0) is 9.59 Å². The van der Waals surface area contributed by atoms with Gasteiger partial charge >= 0.3 is 5.97 Å². The molecular formula is C13H15NO5. The van der Waals surface area contributed by atoms with Gasteiger partial charge in [-0.2, -0.15) is 0 Å². The van der Waals surface area contributed by atoms with Crippen molar-refractivity contribution in [3.8, 4) is 11.5 Å². The molecule has 1 aromatic carbocycles. The highest BCUT2D eigenvalue weighted by Gasteiger charge is 2.24. The SMILES string of the molecule is CCC(C(=O)O)C(=O)Nc1ccc2c(c1)OCCO2. The highest BCUT2D eigenvalue weighted by molar-refractivity contribution is 6.04. The van der Waals surface area contributed by atoms with Crippen molar-refractivity contribution in [2.24, 2.45) is 5.92 Å². The second kappa shape index (κ2) is 5.60. The summed E-state index contributed by atoms with van der Waals surface area (Å²) in [5.74, 6) is -1.54. The van der Waals surface area contributed by atoms with Gasteiger partial charge in [0.05, 0.1) is 0 Å². The second-order valence-electron chi connectivity index (χ2n) is 4.15. The second-order valence-corrected chi connectivity index (χ2v) is 4.15. The largest absolute Gasteiger partial charge is 0.486 e. The minimum Gasteiger partial charge on any atom is -0.486 e. The molecule has 1 atom stereocenters. The first kappa shape index (κ1) is 13.2. The first-order valence-corrected chi connectivity index (χ1v) is 6.05. The van der Waals surface area contributed by atoms with E-state index in [0.29, 0.717) is 30.4 Å². The van der Waals surface area contributed by atoms with Crippen LogP contribution in [0.4, 0.5) is 5.69 Å². The molecule has 0 bridgehead atoms. The van der Waals surface area contributed by atoms with Gasteiger partial charge in [0.1, 0.15) is 19.1 Å². The van der Waals surface area contributed by atoms with Gasteiger partial charge in [0, 0.05) is 11.8 Å². The van der Waals surface area contributed by atoms with Gasteiger partial charge in [-0.05, 0) is 18.6 Å². The molecule has 1 aliphatic heterocycles. The molecule has 1 aromatic rings. The number of aliphatic carboxylic acids is 1. The van der Waals surface area contributed by atoms with Gasteiger partial charge in [0.2, 0.25) is 5.91 Å². The molecular weight excluding hydrogens is 250 g/mol. The molecule has 19 heavy (non-hydrogen) atoms. The maximum absolute atomic E-state index is 11.8. The molecule has 6 nitrogen and oxygen atoms in total. The fourth-order valence-electron chi connectivity index (χ4n) is 1.82. The number of rotatable bonds is 4. The van der Waals surface area contributed by atoms with E-state index >= 15 is 0 Å². The lowest BCUT2D eigenvalue weighted by Crippen LogP contribution is -2.29. The Morgan fingerprint density at radius 2 is 2.00 bits per heavy atom. The van der Waals surface area contributed by atoms with E-state index in [4.69, 9.17) is 14.6 Å². The zero-order valence-electron chi connectivity index (χ0n) is 10.5. The van der Waals surface area contributed by atoms with Crippen LogP contribution in [0.1, 0.15) is 13.3 Å². The van der Waals surface area contributed by atoms with Crippen LogP contribution >= 0.6 is 0 Å². The monoisotopic (exact) mass is 265 g/mol. The van der Waals surface area contributed by atoms with Gasteiger partial charge in [-0.25, -0.2) is 0 Å². The number of carboxylic acids is 1. The highest BCUT2D eigenvalue weighted by atomic mass is 16.6. The molecule has 0 aromatic heterocycles. The first-order chi connectivity index (χ1) is 9.11. The number of carbonyl (C=O) groups excluding carboxylic acids is 1. The quantitative estimate of drug-likeness (QED) is 0.806. The van der Waals surface area contributed by atoms with Crippen molar-refractivity contribution in [1.82, 2.24) is 0 Å². The van der Waals surface area contributed by atoms with Crippen LogP contribution in [0.5, 0.6) is 11.5 Å². The normalized spacial score (nSPS) is 14.6. The summed E-state index contributed by atoms with van der Waals surface area (Å²) in [7, 11) is 0. The van der Waals surface area contributed by atoms with E-state index in [2.05, 4.69) is 5.32 Å². The fourth-order valence-corrected chi connectivity index (χ4v) is 1.82. The van der Waals surface area contributed by atoms with E-state index in [1.807, 2.05) is 0 Å². The molecule has 1 heterocycles. The Morgan fingerprint density at radius 1 is 1.32 bits per heavy atom. The highest BCUT2D eigenvalue weighted by Crippen LogP contribution is 2.32. The summed E-state index contributed by atoms with van der Waals surface area (Å²) in [6.45, 7) is 2.61. The molecule has 0 aliphatic carbocycles. The molecule has 0 saturated carbocycles. The van der Waals surface area contributed by atoms with E-state index in [1.165, 1.54) is 0 Å². The molecule has 0 fully saturated rings. The van der Waals surface area contributed by atoms with Crippen molar-refractivity contribution in [3.05, 3.63) is 18.2 Å². The Bertz CT molecular complexity index is 500. The average Bonchev–Trinajstić information content (AvgIpc) is 2.39. The molecule has 2 rings (SSSR count).